The predicted molar refractivity (Wildman–Crippen MR) is 110 cm³/mol. The van der Waals surface area contributed by atoms with Crippen molar-refractivity contribution < 1.29 is 4.39 Å². The highest BCUT2D eigenvalue weighted by Crippen LogP contribution is 2.34. The highest BCUT2D eigenvalue weighted by molar-refractivity contribution is 7.22. The zero-order chi connectivity index (χ0) is 19.4. The molecule has 5 heterocycles. The molecule has 6 nitrogen and oxygen atoms in total. The molecular formula is C20H22FN5OS. The number of alkyl halides is 1. The number of pyridine rings is 1. The monoisotopic (exact) mass is 399 g/mol. The second-order valence-corrected chi connectivity index (χ2v) is 8.86. The van der Waals surface area contributed by atoms with E-state index >= 15 is 0 Å². The van der Waals surface area contributed by atoms with Crippen molar-refractivity contribution in [2.24, 2.45) is 7.05 Å². The zero-order valence-corrected chi connectivity index (χ0v) is 16.6. The first-order valence-electron chi connectivity index (χ1n) is 9.57. The summed E-state index contributed by atoms with van der Waals surface area (Å²) in [5, 5.41) is 13.0. The summed E-state index contributed by atoms with van der Waals surface area (Å²) < 4.78 is 17.1. The number of piperidine rings is 1. The predicted octanol–water partition coefficient (Wildman–Crippen LogP) is 2.72. The molecular weight excluding hydrogens is 377 g/mol. The van der Waals surface area contributed by atoms with Crippen LogP contribution < -0.4 is 15.8 Å². The summed E-state index contributed by atoms with van der Waals surface area (Å²) in [4.78, 5) is 15.1. The second-order valence-electron chi connectivity index (χ2n) is 7.81. The van der Waals surface area contributed by atoms with Crippen LogP contribution >= 0.6 is 11.3 Å². The number of nitrogens with zero attached hydrogens (tertiary/aromatic N) is 4. The number of nitrogens with one attached hydrogen (secondary N) is 1. The minimum absolute atomic E-state index is 0.00686. The molecule has 0 saturated carbocycles. The fraction of sp³-hybridized carbons (Fsp3) is 0.450. The highest BCUT2D eigenvalue weighted by atomic mass is 32.1. The Bertz CT molecular complexity index is 1080. The number of hydrogen-bond donors (Lipinski definition) is 1. The largest absolute Gasteiger partial charge is 0.352 e. The molecule has 3 aromatic rings. The lowest BCUT2D eigenvalue weighted by molar-refractivity contribution is 0.176. The minimum atomic E-state index is -0.899. The van der Waals surface area contributed by atoms with Gasteiger partial charge in [-0.3, -0.25) is 4.79 Å². The van der Waals surface area contributed by atoms with Gasteiger partial charge in [0.1, 0.15) is 16.6 Å². The normalized spacial score (nSPS) is 26.7. The van der Waals surface area contributed by atoms with Crippen molar-refractivity contribution in [2.45, 2.75) is 43.6 Å². The van der Waals surface area contributed by atoms with Gasteiger partial charge in [-0.15, -0.1) is 21.5 Å². The standard InChI is InChI=1S/C20H22FN5OS/c1-25-8-7-11-9-16(28-19(11)20(25)27)13-5-6-17(24-23-13)26(2)15-10-12-3-4-14(22-12)18(15)21/h5-9,12,14-15,18,22H,3-4,10H2,1-2H3/t12-,14?,15-,18+/m1/s1. The van der Waals surface area contributed by atoms with Crippen LogP contribution in [0.2, 0.25) is 0 Å². The molecule has 2 aliphatic rings. The van der Waals surface area contributed by atoms with E-state index in [1.807, 2.05) is 36.2 Å². The summed E-state index contributed by atoms with van der Waals surface area (Å²) in [7, 11) is 3.64. The Kier molecular flexibility index (Phi) is 4.21. The van der Waals surface area contributed by atoms with E-state index in [2.05, 4.69) is 15.5 Å². The van der Waals surface area contributed by atoms with Gasteiger partial charge < -0.3 is 14.8 Å². The first kappa shape index (κ1) is 17.8. The van der Waals surface area contributed by atoms with Crippen molar-refractivity contribution in [3.8, 4) is 10.6 Å². The second kappa shape index (κ2) is 6.63. The van der Waals surface area contributed by atoms with Crippen molar-refractivity contribution in [2.75, 3.05) is 11.9 Å². The van der Waals surface area contributed by atoms with Gasteiger partial charge in [-0.25, -0.2) is 4.39 Å². The molecule has 0 radical (unpaired) electrons. The molecule has 2 fully saturated rings. The Morgan fingerprint density at radius 2 is 2.14 bits per heavy atom. The quantitative estimate of drug-likeness (QED) is 0.734. The Hall–Kier alpha value is -2.32. The number of aromatic nitrogens is 3. The molecule has 4 atom stereocenters. The Morgan fingerprint density at radius 3 is 2.93 bits per heavy atom. The first-order chi connectivity index (χ1) is 13.5. The van der Waals surface area contributed by atoms with Gasteiger partial charge >= 0.3 is 0 Å². The van der Waals surface area contributed by atoms with Crippen LogP contribution in [0, 0.1) is 0 Å². The van der Waals surface area contributed by atoms with E-state index in [9.17, 15) is 9.18 Å². The Labute approximate surface area is 166 Å². The van der Waals surface area contributed by atoms with Gasteiger partial charge in [0.15, 0.2) is 5.82 Å². The summed E-state index contributed by atoms with van der Waals surface area (Å²) in [6.07, 6.45) is 3.61. The van der Waals surface area contributed by atoms with Crippen molar-refractivity contribution in [1.82, 2.24) is 20.1 Å². The van der Waals surface area contributed by atoms with E-state index in [1.165, 1.54) is 11.3 Å². The third-order valence-electron chi connectivity index (χ3n) is 6.07. The molecule has 28 heavy (non-hydrogen) atoms. The molecule has 0 aliphatic carbocycles. The molecule has 3 aromatic heterocycles. The number of fused-ring (bicyclic) bond motifs is 3. The lowest BCUT2D eigenvalue weighted by Crippen LogP contribution is -2.55. The van der Waals surface area contributed by atoms with E-state index in [0.29, 0.717) is 16.6 Å². The van der Waals surface area contributed by atoms with E-state index in [-0.39, 0.29) is 17.6 Å². The fourth-order valence-electron chi connectivity index (χ4n) is 4.41. The van der Waals surface area contributed by atoms with Crippen LogP contribution in [0.4, 0.5) is 10.2 Å². The number of aryl methyl sites for hydroxylation is 1. The molecule has 0 spiro atoms. The lowest BCUT2D eigenvalue weighted by atomic mass is 9.96. The molecule has 1 N–H and O–H groups in total. The van der Waals surface area contributed by atoms with Crippen molar-refractivity contribution in [3.05, 3.63) is 40.8 Å². The summed E-state index contributed by atoms with van der Waals surface area (Å²) in [5.41, 5.74) is 0.718. The summed E-state index contributed by atoms with van der Waals surface area (Å²) in [6.45, 7) is 0. The van der Waals surface area contributed by atoms with Gasteiger partial charge in [0.05, 0.1) is 10.9 Å². The average molecular weight is 399 g/mol. The van der Waals surface area contributed by atoms with Gasteiger partial charge in [-0.1, -0.05) is 0 Å². The van der Waals surface area contributed by atoms with Gasteiger partial charge in [0.2, 0.25) is 0 Å². The summed E-state index contributed by atoms with van der Waals surface area (Å²) in [6, 6.07) is 7.87. The van der Waals surface area contributed by atoms with E-state index < -0.39 is 6.17 Å². The van der Waals surface area contributed by atoms with Crippen LogP contribution in [0.1, 0.15) is 19.3 Å². The smallest absolute Gasteiger partial charge is 0.268 e. The number of rotatable bonds is 3. The molecule has 1 unspecified atom stereocenters. The Balaban J connectivity index is 1.41. The van der Waals surface area contributed by atoms with E-state index in [4.69, 9.17) is 0 Å². The maximum Gasteiger partial charge on any atom is 0.268 e. The van der Waals surface area contributed by atoms with E-state index in [1.54, 1.807) is 17.8 Å². The molecule has 2 saturated heterocycles. The van der Waals surface area contributed by atoms with E-state index in [0.717, 1.165) is 35.2 Å². The third kappa shape index (κ3) is 2.82. The van der Waals surface area contributed by atoms with Crippen LogP contribution in [0.15, 0.2) is 35.3 Å². The third-order valence-corrected chi connectivity index (χ3v) is 7.23. The number of anilines is 1. The molecule has 2 aliphatic heterocycles. The fourth-order valence-corrected chi connectivity index (χ4v) is 5.50. The van der Waals surface area contributed by atoms with Crippen LogP contribution in [0.5, 0.6) is 0 Å². The first-order valence-corrected chi connectivity index (χ1v) is 10.4. The average Bonchev–Trinajstić information content (AvgIpc) is 3.32. The molecule has 0 aromatic carbocycles. The SMILES string of the molecule is CN(c1ccc(-c2cc3ccn(C)c(=O)c3s2)nn1)[C@@H]1C[C@H]2CCC(N2)[C@@H]1F. The minimum Gasteiger partial charge on any atom is -0.352 e. The molecule has 2 bridgehead atoms. The molecule has 0 amide bonds. The zero-order valence-electron chi connectivity index (χ0n) is 15.8. The molecule has 146 valence electrons. The van der Waals surface area contributed by atoms with Crippen molar-refractivity contribution in [1.29, 1.82) is 0 Å². The maximum atomic E-state index is 14.8. The summed E-state index contributed by atoms with van der Waals surface area (Å²) in [5.74, 6) is 0.676. The van der Waals surface area contributed by atoms with Crippen LogP contribution in [0.25, 0.3) is 20.7 Å². The van der Waals surface area contributed by atoms with Crippen LogP contribution in [-0.2, 0) is 7.05 Å². The molecule has 5 rings (SSSR count). The topological polar surface area (TPSA) is 63.1 Å². The van der Waals surface area contributed by atoms with Crippen molar-refractivity contribution >= 4 is 27.2 Å². The summed E-state index contributed by atoms with van der Waals surface area (Å²) >= 11 is 1.43. The Morgan fingerprint density at radius 1 is 1.29 bits per heavy atom. The van der Waals surface area contributed by atoms with Gasteiger partial charge in [0.25, 0.3) is 5.56 Å². The lowest BCUT2D eigenvalue weighted by Gasteiger charge is -2.38. The van der Waals surface area contributed by atoms with Gasteiger partial charge in [-0.2, -0.15) is 0 Å². The number of halogens is 1. The number of thiophene rings is 1. The van der Waals surface area contributed by atoms with Gasteiger partial charge in [0, 0.05) is 37.8 Å². The van der Waals surface area contributed by atoms with Gasteiger partial charge in [-0.05, 0) is 43.5 Å². The number of hydrogen-bond acceptors (Lipinski definition) is 6. The highest BCUT2D eigenvalue weighted by Gasteiger charge is 2.43. The van der Waals surface area contributed by atoms with Crippen LogP contribution in [-0.4, -0.2) is 46.1 Å². The molecule has 8 heteroatoms. The van der Waals surface area contributed by atoms with Crippen molar-refractivity contribution in [3.63, 3.8) is 0 Å². The maximum absolute atomic E-state index is 14.8. The van der Waals surface area contributed by atoms with Crippen LogP contribution in [0.3, 0.4) is 0 Å².